The van der Waals surface area contributed by atoms with E-state index >= 15 is 0 Å². The summed E-state index contributed by atoms with van der Waals surface area (Å²) in [5, 5.41) is 0. The fourth-order valence-corrected chi connectivity index (χ4v) is 10.2. The number of halogens is 18. The molecule has 8 rings (SSSR count). The molecular weight excluding hydrogens is 1170 g/mol. The van der Waals surface area contributed by atoms with Crippen LogP contribution in [0.25, 0.3) is 22.3 Å². The van der Waals surface area contributed by atoms with Gasteiger partial charge in [-0.15, -0.1) is 0 Å². The Hall–Kier alpha value is -8.10. The lowest BCUT2D eigenvalue weighted by molar-refractivity contribution is -0.290. The van der Waals surface area contributed by atoms with Crippen molar-refractivity contribution in [1.82, 2.24) is 0 Å². The zero-order valence-corrected chi connectivity index (χ0v) is 46.8. The zero-order valence-electron chi connectivity index (χ0n) is 46.8. The molecule has 21 heteroatoms. The molecule has 0 aliphatic rings. The Morgan fingerprint density at radius 1 is 0.256 bits per heavy atom. The van der Waals surface area contributed by atoms with Crippen LogP contribution in [0, 0.1) is 34.6 Å². The van der Waals surface area contributed by atoms with E-state index in [0.29, 0.717) is 38.9 Å². The fourth-order valence-electron chi connectivity index (χ4n) is 10.2. The SMILES string of the molecule is COc1ccc(C(c2ccc(C)c(-c3ccccc3)c2)(C(F)(F)F)C(F)(F)F)cc1-c1ccccc1.COc1ccc(C(c2ccc(C)c(C)c2)(C(F)(F)F)C(F)(F)F)cc1C.COc1ccc(C(c2ccc(C)cc2)(C(F)(F)F)C(F)(F)F)cc1. The number of hydrogen-bond acceptors (Lipinski definition) is 3. The van der Waals surface area contributed by atoms with Crippen LogP contribution < -0.4 is 14.2 Å². The van der Waals surface area contributed by atoms with E-state index in [9.17, 15) is 79.0 Å². The Morgan fingerprint density at radius 2 is 0.570 bits per heavy atom. The van der Waals surface area contributed by atoms with E-state index in [4.69, 9.17) is 14.2 Å². The van der Waals surface area contributed by atoms with E-state index in [1.807, 2.05) is 0 Å². The van der Waals surface area contributed by atoms with Crippen molar-refractivity contribution in [2.45, 2.75) is 87.9 Å². The van der Waals surface area contributed by atoms with Gasteiger partial charge in [0.2, 0.25) is 16.2 Å². The van der Waals surface area contributed by atoms with Crippen LogP contribution in [0.3, 0.4) is 0 Å². The molecule has 0 aliphatic heterocycles. The van der Waals surface area contributed by atoms with Crippen LogP contribution in [-0.2, 0) is 16.2 Å². The highest BCUT2D eigenvalue weighted by Crippen LogP contribution is 2.60. The Morgan fingerprint density at radius 3 is 0.942 bits per heavy atom. The van der Waals surface area contributed by atoms with Crippen LogP contribution in [0.5, 0.6) is 17.2 Å². The summed E-state index contributed by atoms with van der Waals surface area (Å²) in [6, 6.07) is 36.6. The van der Waals surface area contributed by atoms with Crippen molar-refractivity contribution in [1.29, 1.82) is 0 Å². The lowest BCUT2D eigenvalue weighted by Gasteiger charge is -2.39. The van der Waals surface area contributed by atoms with Gasteiger partial charge in [-0.2, -0.15) is 79.0 Å². The quantitative estimate of drug-likeness (QED) is 0.121. The van der Waals surface area contributed by atoms with Gasteiger partial charge in [-0.25, -0.2) is 0 Å². The molecule has 0 amide bonds. The second kappa shape index (κ2) is 25.1. The molecule has 0 fully saturated rings. The first-order chi connectivity index (χ1) is 39.9. The highest BCUT2D eigenvalue weighted by molar-refractivity contribution is 5.73. The van der Waals surface area contributed by atoms with Crippen molar-refractivity contribution in [3.8, 4) is 39.5 Å². The van der Waals surface area contributed by atoms with E-state index in [1.165, 1.54) is 59.4 Å². The molecule has 0 saturated heterocycles. The first-order valence-corrected chi connectivity index (χ1v) is 25.7. The molecule has 86 heavy (non-hydrogen) atoms. The van der Waals surface area contributed by atoms with Crippen LogP contribution in [0.1, 0.15) is 61.2 Å². The molecule has 8 aromatic rings. The van der Waals surface area contributed by atoms with Gasteiger partial charge in [-0.05, 0) is 143 Å². The lowest BCUT2D eigenvalue weighted by atomic mass is 9.71. The van der Waals surface area contributed by atoms with E-state index in [2.05, 4.69) is 0 Å². The van der Waals surface area contributed by atoms with Gasteiger partial charge in [0.15, 0.2) is 0 Å². The summed E-state index contributed by atoms with van der Waals surface area (Å²) in [5.41, 5.74) is -14.2. The van der Waals surface area contributed by atoms with Crippen molar-refractivity contribution in [2.24, 2.45) is 0 Å². The maximum Gasteiger partial charge on any atom is 0.411 e. The maximum atomic E-state index is 14.8. The number of alkyl halides is 18. The third-order valence-corrected chi connectivity index (χ3v) is 14.8. The van der Waals surface area contributed by atoms with Crippen LogP contribution in [0.15, 0.2) is 182 Å². The average Bonchev–Trinajstić information content (AvgIpc) is 0.770. The maximum absolute atomic E-state index is 14.8. The number of rotatable bonds is 11. The third kappa shape index (κ3) is 12.6. The number of hydrogen-bond donors (Lipinski definition) is 0. The molecule has 0 aromatic heterocycles. The minimum Gasteiger partial charge on any atom is -0.497 e. The topological polar surface area (TPSA) is 27.7 Å². The second-order valence-electron chi connectivity index (χ2n) is 20.0. The van der Waals surface area contributed by atoms with Gasteiger partial charge in [0.05, 0.1) is 21.3 Å². The predicted molar refractivity (Wildman–Crippen MR) is 292 cm³/mol. The van der Waals surface area contributed by atoms with Gasteiger partial charge in [-0.1, -0.05) is 151 Å². The largest absolute Gasteiger partial charge is 0.497 e. The van der Waals surface area contributed by atoms with Crippen molar-refractivity contribution >= 4 is 0 Å². The van der Waals surface area contributed by atoms with Crippen LogP contribution >= 0.6 is 0 Å². The molecule has 0 aliphatic carbocycles. The molecule has 0 heterocycles. The summed E-state index contributed by atoms with van der Waals surface area (Å²) < 4.78 is 271. The zero-order chi connectivity index (χ0) is 64.2. The predicted octanol–water partition coefficient (Wildman–Crippen LogP) is 20.2. The van der Waals surface area contributed by atoms with Crippen molar-refractivity contribution < 1.29 is 93.2 Å². The lowest BCUT2D eigenvalue weighted by Crippen LogP contribution is -2.54. The molecule has 3 nitrogen and oxygen atoms in total. The molecule has 0 N–H and O–H groups in total. The molecule has 8 aromatic carbocycles. The Labute approximate surface area is 483 Å². The Kier molecular flexibility index (Phi) is 19.5. The summed E-state index contributed by atoms with van der Waals surface area (Å²) in [6.45, 7) is 7.74. The van der Waals surface area contributed by atoms with Gasteiger partial charge in [-0.3, -0.25) is 0 Å². The van der Waals surface area contributed by atoms with Crippen molar-refractivity contribution in [3.05, 3.63) is 243 Å². The first kappa shape index (κ1) is 67.0. The minimum absolute atomic E-state index is 0.129. The van der Waals surface area contributed by atoms with Gasteiger partial charge < -0.3 is 14.2 Å². The van der Waals surface area contributed by atoms with Crippen LogP contribution in [0.2, 0.25) is 0 Å². The number of methoxy groups -OCH3 is 3. The number of benzene rings is 8. The Balaban J connectivity index is 0.000000212. The summed E-state index contributed by atoms with van der Waals surface area (Å²) >= 11 is 0. The van der Waals surface area contributed by atoms with Gasteiger partial charge >= 0.3 is 37.1 Å². The molecule has 0 unspecified atom stereocenters. The molecule has 0 atom stereocenters. The normalized spacial score (nSPS) is 12.8. The minimum atomic E-state index is -5.70. The summed E-state index contributed by atoms with van der Waals surface area (Å²) in [5.74, 6) is 0.546. The van der Waals surface area contributed by atoms with Gasteiger partial charge in [0.1, 0.15) is 17.2 Å². The molecular formula is C65H54F18O3. The fraction of sp³-hybridized carbons (Fsp3) is 0.262. The standard InChI is InChI=1S/C29H22F6O.C19H18F6O.C17H14F6O/c1-19-13-14-22(17-24(19)20-9-5-3-6-10-20)27(28(30,31)32,29(33,34)35)23-15-16-26(36-2)25(18-23)21-11-7-4-8-12-21;1-11-5-6-14(9-12(11)2)17(18(20,21)22,19(23,24)25)15-7-8-16(26-4)13(3)10-15;1-11-3-5-12(6-4-11)15(16(18,19)20,17(21,22)23)13-7-9-14(24-2)10-8-13/h3-18H,1-2H3;5-10H,1-4H3;3-10H,1-2H3. The second-order valence-corrected chi connectivity index (χ2v) is 20.0. The highest BCUT2D eigenvalue weighted by atomic mass is 19.4. The average molecular weight is 1230 g/mol. The smallest absolute Gasteiger partial charge is 0.411 e. The van der Waals surface area contributed by atoms with E-state index in [1.54, 1.807) is 81.4 Å². The van der Waals surface area contributed by atoms with Crippen LogP contribution in [-0.4, -0.2) is 58.4 Å². The third-order valence-electron chi connectivity index (χ3n) is 14.8. The van der Waals surface area contributed by atoms with Crippen LogP contribution in [0.4, 0.5) is 79.0 Å². The monoisotopic (exact) mass is 1220 g/mol. The molecule has 0 saturated carbocycles. The summed E-state index contributed by atoms with van der Waals surface area (Å²) in [4.78, 5) is 0. The van der Waals surface area contributed by atoms with E-state index in [0.717, 1.165) is 97.1 Å². The molecule has 0 bridgehead atoms. The first-order valence-electron chi connectivity index (χ1n) is 25.7. The van der Waals surface area contributed by atoms with E-state index in [-0.39, 0.29) is 28.4 Å². The summed E-state index contributed by atoms with van der Waals surface area (Å²) in [7, 11) is 3.89. The van der Waals surface area contributed by atoms with Gasteiger partial charge in [0.25, 0.3) is 0 Å². The number of ether oxygens (including phenoxy) is 3. The summed E-state index contributed by atoms with van der Waals surface area (Å²) in [6.07, 6.45) is -33.7. The highest BCUT2D eigenvalue weighted by Gasteiger charge is 2.75. The molecule has 0 spiro atoms. The van der Waals surface area contributed by atoms with Crippen molar-refractivity contribution in [2.75, 3.05) is 21.3 Å². The van der Waals surface area contributed by atoms with E-state index < -0.39 is 86.7 Å². The molecule has 0 radical (unpaired) electrons. The van der Waals surface area contributed by atoms with Gasteiger partial charge in [0, 0.05) is 5.56 Å². The molecule has 458 valence electrons. The Bertz CT molecular complexity index is 3520. The number of aryl methyl sites for hydroxylation is 5. The van der Waals surface area contributed by atoms with Crippen molar-refractivity contribution in [3.63, 3.8) is 0 Å².